The molecule has 0 fully saturated rings. The number of methoxy groups -OCH3 is 1. The van der Waals surface area contributed by atoms with Gasteiger partial charge in [0.1, 0.15) is 5.75 Å². The number of nitrogens with one attached hydrogen (secondary N) is 2. The molecule has 0 saturated heterocycles. The zero-order chi connectivity index (χ0) is 19.9. The van der Waals surface area contributed by atoms with Crippen molar-refractivity contribution in [1.29, 1.82) is 0 Å². The predicted molar refractivity (Wildman–Crippen MR) is 118 cm³/mol. The van der Waals surface area contributed by atoms with Gasteiger partial charge in [-0.2, -0.15) is 0 Å². The van der Waals surface area contributed by atoms with E-state index < -0.39 is 0 Å². The van der Waals surface area contributed by atoms with Crippen LogP contribution in [0.1, 0.15) is 70.0 Å². The number of fused-ring (bicyclic) bond motifs is 1. The van der Waals surface area contributed by atoms with Crippen LogP contribution in [0.25, 0.3) is 0 Å². The molecule has 1 aromatic carbocycles. The number of rotatable bonds is 9. The fourth-order valence-electron chi connectivity index (χ4n) is 3.71. The molecule has 1 aliphatic heterocycles. The highest BCUT2D eigenvalue weighted by Gasteiger charge is 2.33. The minimum atomic E-state index is 0.0618. The Morgan fingerprint density at radius 2 is 2.22 bits per heavy atom. The Morgan fingerprint density at radius 1 is 1.44 bits per heavy atom. The number of carbonyl (C=O) groups excluding carboxylic acids is 1. The summed E-state index contributed by atoms with van der Waals surface area (Å²) >= 11 is 3.30. The SMILES string of the molecule is CCCC[C@]1(CC)CSc2cc(CCC(=O)NSC)c(OC)cc2[C@@H](C)N1. The summed E-state index contributed by atoms with van der Waals surface area (Å²) in [5.41, 5.74) is 2.61. The molecule has 152 valence electrons. The molecule has 0 radical (unpaired) electrons. The van der Waals surface area contributed by atoms with E-state index in [-0.39, 0.29) is 17.5 Å². The molecule has 1 amide bonds. The number of hydrogen-bond donors (Lipinski definition) is 2. The lowest BCUT2D eigenvalue weighted by Gasteiger charge is -2.35. The van der Waals surface area contributed by atoms with Crippen molar-refractivity contribution in [3.8, 4) is 5.75 Å². The second-order valence-corrected chi connectivity index (χ2v) is 8.95. The van der Waals surface area contributed by atoms with Crippen molar-refractivity contribution in [2.45, 2.75) is 75.8 Å². The van der Waals surface area contributed by atoms with Gasteiger partial charge in [0.2, 0.25) is 5.91 Å². The third-order valence-corrected chi connectivity index (χ3v) is 7.22. The molecule has 6 heteroatoms. The second-order valence-electron chi connectivity index (χ2n) is 7.32. The Labute approximate surface area is 173 Å². The van der Waals surface area contributed by atoms with Crippen LogP contribution in [0, 0.1) is 0 Å². The third kappa shape index (κ3) is 5.81. The van der Waals surface area contributed by atoms with Crippen molar-refractivity contribution in [3.63, 3.8) is 0 Å². The monoisotopic (exact) mass is 410 g/mol. The molecule has 0 bridgehead atoms. The van der Waals surface area contributed by atoms with E-state index in [1.54, 1.807) is 7.11 Å². The summed E-state index contributed by atoms with van der Waals surface area (Å²) in [7, 11) is 1.71. The zero-order valence-corrected chi connectivity index (χ0v) is 18.9. The van der Waals surface area contributed by atoms with Crippen LogP contribution in [0.3, 0.4) is 0 Å². The third-order valence-electron chi connectivity index (χ3n) is 5.43. The second kappa shape index (κ2) is 10.6. The lowest BCUT2D eigenvalue weighted by atomic mass is 9.90. The van der Waals surface area contributed by atoms with Gasteiger partial charge in [-0.15, -0.1) is 11.8 Å². The van der Waals surface area contributed by atoms with E-state index >= 15 is 0 Å². The first-order chi connectivity index (χ1) is 13.0. The van der Waals surface area contributed by atoms with Crippen LogP contribution < -0.4 is 14.8 Å². The number of ether oxygens (including phenoxy) is 1. The first kappa shape index (κ1) is 22.4. The highest BCUT2D eigenvalue weighted by Crippen LogP contribution is 2.41. The Balaban J connectivity index is 2.25. The van der Waals surface area contributed by atoms with Crippen molar-refractivity contribution in [3.05, 3.63) is 23.3 Å². The van der Waals surface area contributed by atoms with Crippen LogP contribution in [-0.2, 0) is 11.2 Å². The van der Waals surface area contributed by atoms with E-state index in [1.807, 2.05) is 18.0 Å². The quantitative estimate of drug-likeness (QED) is 0.554. The van der Waals surface area contributed by atoms with Crippen molar-refractivity contribution >= 4 is 29.6 Å². The molecule has 0 aliphatic carbocycles. The number of unbranched alkanes of at least 4 members (excludes halogenated alkanes) is 1. The summed E-state index contributed by atoms with van der Waals surface area (Å²) in [5.74, 6) is 2.03. The normalized spacial score (nSPS) is 22.0. The Kier molecular flexibility index (Phi) is 8.83. The molecule has 1 aromatic rings. The van der Waals surface area contributed by atoms with Crippen molar-refractivity contribution in [1.82, 2.24) is 10.0 Å². The highest BCUT2D eigenvalue weighted by molar-refractivity contribution is 7.99. The lowest BCUT2D eigenvalue weighted by molar-refractivity contribution is -0.119. The molecular formula is C21H34N2O2S2. The average molecular weight is 411 g/mol. The Bertz CT molecular complexity index is 639. The molecule has 4 nitrogen and oxygen atoms in total. The first-order valence-corrected chi connectivity index (χ1v) is 12.1. The molecule has 2 rings (SSSR count). The summed E-state index contributed by atoms with van der Waals surface area (Å²) in [4.78, 5) is 13.2. The minimum absolute atomic E-state index is 0.0618. The predicted octanol–water partition coefficient (Wildman–Crippen LogP) is 5.12. The van der Waals surface area contributed by atoms with Gasteiger partial charge in [-0.05, 0) is 49.4 Å². The molecule has 0 spiro atoms. The first-order valence-electron chi connectivity index (χ1n) is 9.91. The zero-order valence-electron chi connectivity index (χ0n) is 17.3. The summed E-state index contributed by atoms with van der Waals surface area (Å²) in [6.07, 6.45) is 7.87. The smallest absolute Gasteiger partial charge is 0.230 e. The largest absolute Gasteiger partial charge is 0.496 e. The molecule has 2 atom stereocenters. The van der Waals surface area contributed by atoms with Gasteiger partial charge >= 0.3 is 0 Å². The van der Waals surface area contributed by atoms with E-state index in [4.69, 9.17) is 4.74 Å². The number of carbonyl (C=O) groups is 1. The minimum Gasteiger partial charge on any atom is -0.496 e. The maximum Gasteiger partial charge on any atom is 0.230 e. The van der Waals surface area contributed by atoms with Gasteiger partial charge in [-0.25, -0.2) is 0 Å². The van der Waals surface area contributed by atoms with E-state index in [9.17, 15) is 4.79 Å². The van der Waals surface area contributed by atoms with E-state index in [0.29, 0.717) is 12.8 Å². The van der Waals surface area contributed by atoms with Crippen LogP contribution in [-0.4, -0.2) is 30.6 Å². The number of hydrogen-bond acceptors (Lipinski definition) is 5. The molecular weight excluding hydrogens is 376 g/mol. The van der Waals surface area contributed by atoms with E-state index in [2.05, 4.69) is 42.9 Å². The van der Waals surface area contributed by atoms with Gasteiger partial charge in [-0.1, -0.05) is 38.6 Å². The van der Waals surface area contributed by atoms with Gasteiger partial charge in [0.05, 0.1) is 7.11 Å². The molecule has 1 aliphatic rings. The summed E-state index contributed by atoms with van der Waals surface area (Å²) in [6, 6.07) is 4.71. The average Bonchev–Trinajstić information content (AvgIpc) is 2.81. The standard InChI is InChI=1S/C21H34N2O2S2/c1-6-8-11-21(7-2)14-27-19-12-16(9-10-20(24)23-26-5)18(25-4)13-17(19)15(3)22-21/h12-13,15,22H,6-11,14H2,1-5H3,(H,23,24)/t15-,21-/m1/s1. The maximum absolute atomic E-state index is 11.8. The van der Waals surface area contributed by atoms with Crippen molar-refractivity contribution < 1.29 is 9.53 Å². The molecule has 1 heterocycles. The highest BCUT2D eigenvalue weighted by atomic mass is 32.2. The molecule has 0 saturated carbocycles. The van der Waals surface area contributed by atoms with Crippen LogP contribution in [0.15, 0.2) is 17.0 Å². The van der Waals surface area contributed by atoms with Crippen molar-refractivity contribution in [2.75, 3.05) is 19.1 Å². The summed E-state index contributed by atoms with van der Waals surface area (Å²) < 4.78 is 8.45. The fourth-order valence-corrected chi connectivity index (χ4v) is 5.54. The van der Waals surface area contributed by atoms with Gasteiger partial charge < -0.3 is 14.8 Å². The molecule has 0 aromatic heterocycles. The Morgan fingerprint density at radius 3 is 2.85 bits per heavy atom. The maximum atomic E-state index is 11.8. The Hall–Kier alpha value is -0.850. The van der Waals surface area contributed by atoms with Crippen LogP contribution >= 0.6 is 23.7 Å². The van der Waals surface area contributed by atoms with Gasteiger partial charge in [0, 0.05) is 34.9 Å². The number of thioether (sulfide) groups is 1. The fraction of sp³-hybridized carbons (Fsp3) is 0.667. The number of aryl methyl sites for hydroxylation is 1. The topological polar surface area (TPSA) is 50.4 Å². The molecule has 2 N–H and O–H groups in total. The van der Waals surface area contributed by atoms with Crippen LogP contribution in [0.4, 0.5) is 0 Å². The van der Waals surface area contributed by atoms with Gasteiger partial charge in [0.15, 0.2) is 0 Å². The number of amides is 1. The van der Waals surface area contributed by atoms with Crippen LogP contribution in [0.5, 0.6) is 5.75 Å². The lowest BCUT2D eigenvalue weighted by Crippen LogP contribution is -2.47. The summed E-state index contributed by atoms with van der Waals surface area (Å²) in [6.45, 7) is 6.81. The number of benzene rings is 1. The van der Waals surface area contributed by atoms with Gasteiger partial charge in [-0.3, -0.25) is 4.79 Å². The molecule has 0 unspecified atom stereocenters. The van der Waals surface area contributed by atoms with E-state index in [0.717, 1.165) is 23.5 Å². The van der Waals surface area contributed by atoms with E-state index in [1.165, 1.54) is 41.7 Å². The van der Waals surface area contributed by atoms with Gasteiger partial charge in [0.25, 0.3) is 0 Å². The summed E-state index contributed by atoms with van der Waals surface area (Å²) in [5, 5.41) is 3.93. The van der Waals surface area contributed by atoms with Crippen molar-refractivity contribution in [2.24, 2.45) is 0 Å². The molecule has 27 heavy (non-hydrogen) atoms. The van der Waals surface area contributed by atoms with Crippen LogP contribution in [0.2, 0.25) is 0 Å².